The molecule has 1 aromatic carbocycles. The molecule has 0 amide bonds. The van der Waals surface area contributed by atoms with Gasteiger partial charge in [-0.1, -0.05) is 29.8 Å². The van der Waals surface area contributed by atoms with Gasteiger partial charge in [0.25, 0.3) is 0 Å². The molecule has 0 aliphatic rings. The second-order valence-electron chi connectivity index (χ2n) is 4.47. The highest BCUT2D eigenvalue weighted by molar-refractivity contribution is 5.62. The number of nitrogens with zero attached hydrogens (tertiary/aromatic N) is 4. The lowest BCUT2D eigenvalue weighted by molar-refractivity contribution is 0.859. The van der Waals surface area contributed by atoms with Crippen molar-refractivity contribution in [3.63, 3.8) is 0 Å². The van der Waals surface area contributed by atoms with Crippen molar-refractivity contribution in [1.29, 1.82) is 5.26 Å². The zero-order valence-corrected chi connectivity index (χ0v) is 11.2. The van der Waals surface area contributed by atoms with Crippen LogP contribution in [0.2, 0.25) is 0 Å². The maximum Gasteiger partial charge on any atom is 0.225 e. The first kappa shape index (κ1) is 13.0. The summed E-state index contributed by atoms with van der Waals surface area (Å²) in [5, 5.41) is 8.56. The smallest absolute Gasteiger partial charge is 0.225 e. The SMILES string of the molecule is Cc1cccc(-c2cnc(N(C)CCC#N)nc2)c1. The van der Waals surface area contributed by atoms with E-state index in [1.54, 1.807) is 0 Å². The second-order valence-corrected chi connectivity index (χ2v) is 4.47. The molecule has 1 heterocycles. The summed E-state index contributed by atoms with van der Waals surface area (Å²) in [5.74, 6) is 0.645. The first-order chi connectivity index (χ1) is 9.20. The van der Waals surface area contributed by atoms with E-state index in [0.29, 0.717) is 18.9 Å². The van der Waals surface area contributed by atoms with Crippen LogP contribution in [0.25, 0.3) is 11.1 Å². The Morgan fingerprint density at radius 1 is 1.21 bits per heavy atom. The van der Waals surface area contributed by atoms with E-state index in [2.05, 4.69) is 35.1 Å². The molecule has 2 rings (SSSR count). The molecule has 0 radical (unpaired) electrons. The molecular formula is C15H16N4. The van der Waals surface area contributed by atoms with Gasteiger partial charge < -0.3 is 4.90 Å². The van der Waals surface area contributed by atoms with Crippen molar-refractivity contribution < 1.29 is 0 Å². The zero-order chi connectivity index (χ0) is 13.7. The molecule has 2 aromatic rings. The number of hydrogen-bond acceptors (Lipinski definition) is 4. The Morgan fingerprint density at radius 2 is 1.95 bits per heavy atom. The lowest BCUT2D eigenvalue weighted by Crippen LogP contribution is -2.20. The third-order valence-corrected chi connectivity index (χ3v) is 2.89. The lowest BCUT2D eigenvalue weighted by Gasteiger charge is -2.15. The van der Waals surface area contributed by atoms with Crippen molar-refractivity contribution in [2.45, 2.75) is 13.3 Å². The standard InChI is InChI=1S/C15H16N4/c1-12-5-3-6-13(9-12)14-10-17-15(18-11-14)19(2)8-4-7-16/h3,5-6,9-11H,4,8H2,1-2H3. The van der Waals surface area contributed by atoms with Gasteiger partial charge in [-0.25, -0.2) is 9.97 Å². The van der Waals surface area contributed by atoms with Crippen molar-refractivity contribution >= 4 is 5.95 Å². The summed E-state index contributed by atoms with van der Waals surface area (Å²) in [4.78, 5) is 10.6. The monoisotopic (exact) mass is 252 g/mol. The first-order valence-electron chi connectivity index (χ1n) is 6.18. The van der Waals surface area contributed by atoms with Gasteiger partial charge in [0.2, 0.25) is 5.95 Å². The van der Waals surface area contributed by atoms with E-state index in [1.165, 1.54) is 5.56 Å². The van der Waals surface area contributed by atoms with E-state index in [0.717, 1.165) is 11.1 Å². The molecule has 19 heavy (non-hydrogen) atoms. The van der Waals surface area contributed by atoms with Crippen LogP contribution < -0.4 is 4.90 Å². The Balaban J connectivity index is 2.17. The Hall–Kier alpha value is -2.41. The van der Waals surface area contributed by atoms with Crippen molar-refractivity contribution in [3.05, 3.63) is 42.2 Å². The number of benzene rings is 1. The van der Waals surface area contributed by atoms with Crippen LogP contribution in [0.3, 0.4) is 0 Å². The van der Waals surface area contributed by atoms with Gasteiger partial charge in [-0.3, -0.25) is 0 Å². The van der Waals surface area contributed by atoms with E-state index in [9.17, 15) is 0 Å². The Kier molecular flexibility index (Phi) is 4.09. The maximum absolute atomic E-state index is 8.56. The summed E-state index contributed by atoms with van der Waals surface area (Å²) in [6, 6.07) is 10.4. The highest BCUT2D eigenvalue weighted by atomic mass is 15.2. The van der Waals surface area contributed by atoms with Crippen LogP contribution in [0.4, 0.5) is 5.95 Å². The van der Waals surface area contributed by atoms with Crippen molar-refractivity contribution in [2.24, 2.45) is 0 Å². The van der Waals surface area contributed by atoms with Crippen LogP contribution in [-0.2, 0) is 0 Å². The third-order valence-electron chi connectivity index (χ3n) is 2.89. The van der Waals surface area contributed by atoms with E-state index < -0.39 is 0 Å². The molecule has 0 aliphatic carbocycles. The van der Waals surface area contributed by atoms with Crippen molar-refractivity contribution in [1.82, 2.24) is 9.97 Å². The van der Waals surface area contributed by atoms with Gasteiger partial charge in [-0.2, -0.15) is 5.26 Å². The Bertz CT molecular complexity index is 584. The van der Waals surface area contributed by atoms with Crippen LogP contribution in [0.1, 0.15) is 12.0 Å². The first-order valence-corrected chi connectivity index (χ1v) is 6.18. The summed E-state index contributed by atoms with van der Waals surface area (Å²) in [6.07, 6.45) is 4.11. The number of hydrogen-bond donors (Lipinski definition) is 0. The predicted octanol–water partition coefficient (Wildman–Crippen LogP) is 2.80. The fraction of sp³-hybridized carbons (Fsp3) is 0.267. The molecule has 0 bridgehead atoms. The van der Waals surface area contributed by atoms with Crippen LogP contribution in [0.5, 0.6) is 0 Å². The fourth-order valence-corrected chi connectivity index (χ4v) is 1.81. The Morgan fingerprint density at radius 3 is 2.58 bits per heavy atom. The van der Waals surface area contributed by atoms with E-state index in [4.69, 9.17) is 5.26 Å². The molecule has 0 atom stereocenters. The molecule has 0 unspecified atom stereocenters. The lowest BCUT2D eigenvalue weighted by atomic mass is 10.1. The summed E-state index contributed by atoms with van der Waals surface area (Å²) < 4.78 is 0. The van der Waals surface area contributed by atoms with Gasteiger partial charge >= 0.3 is 0 Å². The van der Waals surface area contributed by atoms with Crippen molar-refractivity contribution in [3.8, 4) is 17.2 Å². The summed E-state index contributed by atoms with van der Waals surface area (Å²) in [5.41, 5.74) is 3.33. The second kappa shape index (κ2) is 5.96. The average Bonchev–Trinajstić information content (AvgIpc) is 2.45. The molecule has 1 aromatic heterocycles. The highest BCUT2D eigenvalue weighted by Gasteiger charge is 2.05. The number of anilines is 1. The van der Waals surface area contributed by atoms with Crippen LogP contribution >= 0.6 is 0 Å². The fourth-order valence-electron chi connectivity index (χ4n) is 1.81. The molecule has 0 aliphatic heterocycles. The normalized spacial score (nSPS) is 9.95. The van der Waals surface area contributed by atoms with Gasteiger partial charge in [0, 0.05) is 31.5 Å². The molecule has 4 heteroatoms. The van der Waals surface area contributed by atoms with Crippen LogP contribution in [0, 0.1) is 18.3 Å². The average molecular weight is 252 g/mol. The van der Waals surface area contributed by atoms with E-state index in [-0.39, 0.29) is 0 Å². The van der Waals surface area contributed by atoms with E-state index in [1.807, 2.05) is 36.5 Å². The minimum atomic E-state index is 0.472. The highest BCUT2D eigenvalue weighted by Crippen LogP contribution is 2.19. The number of aromatic nitrogens is 2. The van der Waals surface area contributed by atoms with Crippen LogP contribution in [0.15, 0.2) is 36.7 Å². The predicted molar refractivity (Wildman–Crippen MR) is 75.7 cm³/mol. The molecule has 0 N–H and O–H groups in total. The van der Waals surface area contributed by atoms with Gasteiger partial charge in [0.1, 0.15) is 0 Å². The molecule has 0 spiro atoms. The number of aryl methyl sites for hydroxylation is 1. The quantitative estimate of drug-likeness (QED) is 0.839. The summed E-state index contributed by atoms with van der Waals surface area (Å²) in [6.45, 7) is 2.70. The van der Waals surface area contributed by atoms with E-state index >= 15 is 0 Å². The topological polar surface area (TPSA) is 52.8 Å². The van der Waals surface area contributed by atoms with Crippen LogP contribution in [-0.4, -0.2) is 23.6 Å². The number of nitriles is 1. The third kappa shape index (κ3) is 3.29. The van der Waals surface area contributed by atoms with Gasteiger partial charge in [0.05, 0.1) is 12.5 Å². The molecule has 0 saturated heterocycles. The molecule has 0 saturated carbocycles. The molecular weight excluding hydrogens is 236 g/mol. The van der Waals surface area contributed by atoms with Gasteiger partial charge in [0.15, 0.2) is 0 Å². The summed E-state index contributed by atoms with van der Waals surface area (Å²) >= 11 is 0. The molecule has 0 fully saturated rings. The minimum Gasteiger partial charge on any atom is -0.343 e. The zero-order valence-electron chi connectivity index (χ0n) is 11.2. The van der Waals surface area contributed by atoms with Gasteiger partial charge in [-0.05, 0) is 12.5 Å². The largest absolute Gasteiger partial charge is 0.343 e. The Labute approximate surface area is 113 Å². The minimum absolute atomic E-state index is 0.472. The molecule has 96 valence electrons. The molecule has 4 nitrogen and oxygen atoms in total. The van der Waals surface area contributed by atoms with Crippen molar-refractivity contribution in [2.75, 3.05) is 18.5 Å². The number of rotatable bonds is 4. The van der Waals surface area contributed by atoms with Gasteiger partial charge in [-0.15, -0.1) is 0 Å². The maximum atomic E-state index is 8.56. The summed E-state index contributed by atoms with van der Waals surface area (Å²) in [7, 11) is 1.89.